The van der Waals surface area contributed by atoms with E-state index in [1.807, 2.05) is 0 Å². The molecule has 1 heterocycles. The summed E-state index contributed by atoms with van der Waals surface area (Å²) in [5, 5.41) is 0. The highest BCUT2D eigenvalue weighted by molar-refractivity contribution is 5.35. The Morgan fingerprint density at radius 2 is 2.19 bits per heavy atom. The van der Waals surface area contributed by atoms with Gasteiger partial charge in [0, 0.05) is 20.5 Å². The van der Waals surface area contributed by atoms with Gasteiger partial charge in [0.05, 0.1) is 0 Å². The van der Waals surface area contributed by atoms with E-state index in [-0.39, 0.29) is 12.0 Å². The van der Waals surface area contributed by atoms with E-state index in [4.69, 9.17) is 17.0 Å². The minimum absolute atomic E-state index is 0.196. The zero-order valence-electron chi connectivity index (χ0n) is 9.27. The van der Waals surface area contributed by atoms with E-state index < -0.39 is 0 Å². The summed E-state index contributed by atoms with van der Waals surface area (Å²) in [6.07, 6.45) is 5.60. The molecular formula is C9H14N6O. The predicted molar refractivity (Wildman–Crippen MR) is 60.9 cm³/mol. The SMILES string of the molecule is C#CCCOc1nc(NN)nc(N(C)C)n1. The minimum Gasteiger partial charge on any atom is -0.462 e. The lowest BCUT2D eigenvalue weighted by molar-refractivity contribution is 0.300. The van der Waals surface area contributed by atoms with Crippen LogP contribution in [0.25, 0.3) is 0 Å². The fourth-order valence-electron chi connectivity index (χ4n) is 0.876. The van der Waals surface area contributed by atoms with Gasteiger partial charge in [0.1, 0.15) is 6.61 Å². The zero-order valence-corrected chi connectivity index (χ0v) is 9.27. The topological polar surface area (TPSA) is 89.2 Å². The van der Waals surface area contributed by atoms with Gasteiger partial charge in [0.15, 0.2) is 0 Å². The number of hydrogen-bond acceptors (Lipinski definition) is 7. The number of aromatic nitrogens is 3. The zero-order chi connectivity index (χ0) is 12.0. The van der Waals surface area contributed by atoms with Crippen LogP contribution in [0.5, 0.6) is 6.01 Å². The number of nitrogens with zero attached hydrogens (tertiary/aromatic N) is 4. The van der Waals surface area contributed by atoms with Gasteiger partial charge in [0.25, 0.3) is 0 Å². The fourth-order valence-corrected chi connectivity index (χ4v) is 0.876. The smallest absolute Gasteiger partial charge is 0.323 e. The first-order valence-corrected chi connectivity index (χ1v) is 4.63. The number of ether oxygens (including phenoxy) is 1. The monoisotopic (exact) mass is 222 g/mol. The molecule has 7 heteroatoms. The Bertz CT molecular complexity index is 386. The summed E-state index contributed by atoms with van der Waals surface area (Å²) in [7, 11) is 3.61. The molecule has 0 unspecified atom stereocenters. The normalized spacial score (nSPS) is 9.38. The lowest BCUT2D eigenvalue weighted by Crippen LogP contribution is -2.18. The van der Waals surface area contributed by atoms with E-state index in [2.05, 4.69) is 26.3 Å². The highest BCUT2D eigenvalue weighted by atomic mass is 16.5. The molecule has 0 amide bonds. The Morgan fingerprint density at radius 1 is 1.44 bits per heavy atom. The summed E-state index contributed by atoms with van der Waals surface area (Å²) in [5.74, 6) is 8.39. The van der Waals surface area contributed by atoms with Crippen molar-refractivity contribution in [2.24, 2.45) is 5.84 Å². The predicted octanol–water partition coefficient (Wildman–Crippen LogP) is -0.375. The van der Waals surface area contributed by atoms with Gasteiger partial charge in [-0.2, -0.15) is 15.0 Å². The standard InChI is InChI=1S/C9H14N6O/c1-4-5-6-16-9-12-7(14-10)11-8(13-9)15(2)3/h1H,5-6,10H2,2-3H3,(H,11,12,13,14). The van der Waals surface area contributed by atoms with Gasteiger partial charge in [-0.25, -0.2) is 5.84 Å². The molecule has 3 N–H and O–H groups in total. The van der Waals surface area contributed by atoms with E-state index >= 15 is 0 Å². The minimum atomic E-state index is 0.196. The van der Waals surface area contributed by atoms with E-state index in [9.17, 15) is 0 Å². The van der Waals surface area contributed by atoms with Crippen LogP contribution in [-0.4, -0.2) is 35.7 Å². The number of anilines is 2. The van der Waals surface area contributed by atoms with Crippen LogP contribution in [0, 0.1) is 12.3 Å². The molecule has 0 aliphatic heterocycles. The van der Waals surface area contributed by atoms with Crippen molar-refractivity contribution in [1.29, 1.82) is 0 Å². The molecule has 0 fully saturated rings. The van der Waals surface area contributed by atoms with Crippen molar-refractivity contribution in [3.63, 3.8) is 0 Å². The average molecular weight is 222 g/mol. The average Bonchev–Trinajstić information content (AvgIpc) is 2.29. The van der Waals surface area contributed by atoms with Gasteiger partial charge >= 0.3 is 6.01 Å². The highest BCUT2D eigenvalue weighted by Gasteiger charge is 2.07. The molecule has 0 aromatic carbocycles. The molecule has 0 saturated carbocycles. The largest absolute Gasteiger partial charge is 0.462 e. The number of nitrogen functional groups attached to an aromatic ring is 1. The Morgan fingerprint density at radius 3 is 2.75 bits per heavy atom. The van der Waals surface area contributed by atoms with Crippen LogP contribution in [0.4, 0.5) is 11.9 Å². The molecule has 0 bridgehead atoms. The maximum atomic E-state index is 5.25. The first-order valence-electron chi connectivity index (χ1n) is 4.63. The van der Waals surface area contributed by atoms with Crippen LogP contribution in [0.3, 0.4) is 0 Å². The molecule has 0 aliphatic rings. The quantitative estimate of drug-likeness (QED) is 0.304. The summed E-state index contributed by atoms with van der Waals surface area (Å²) in [6.45, 7) is 0.359. The first-order chi connectivity index (χ1) is 7.67. The van der Waals surface area contributed by atoms with Crippen LogP contribution < -0.4 is 20.9 Å². The third kappa shape index (κ3) is 3.25. The molecule has 0 atom stereocenters. The number of terminal acetylenes is 1. The summed E-state index contributed by atoms with van der Waals surface area (Å²) < 4.78 is 5.25. The molecule has 0 spiro atoms. The van der Waals surface area contributed by atoms with Crippen LogP contribution in [0.2, 0.25) is 0 Å². The van der Waals surface area contributed by atoms with Crippen molar-refractivity contribution in [1.82, 2.24) is 15.0 Å². The van der Waals surface area contributed by atoms with E-state index in [0.29, 0.717) is 19.0 Å². The fraction of sp³-hybridized carbons (Fsp3) is 0.444. The molecule has 0 aliphatic carbocycles. The molecule has 16 heavy (non-hydrogen) atoms. The van der Waals surface area contributed by atoms with Crippen molar-refractivity contribution in [2.75, 3.05) is 31.0 Å². The van der Waals surface area contributed by atoms with Gasteiger partial charge in [-0.15, -0.1) is 12.3 Å². The van der Waals surface area contributed by atoms with E-state index in [1.165, 1.54) is 0 Å². The first kappa shape index (κ1) is 12.0. The van der Waals surface area contributed by atoms with Crippen molar-refractivity contribution in [2.45, 2.75) is 6.42 Å². The molecular weight excluding hydrogens is 208 g/mol. The van der Waals surface area contributed by atoms with Gasteiger partial charge in [-0.1, -0.05) is 0 Å². The Hall–Kier alpha value is -2.07. The molecule has 1 aromatic rings. The maximum Gasteiger partial charge on any atom is 0.323 e. The number of hydrazine groups is 1. The number of rotatable bonds is 5. The van der Waals surface area contributed by atoms with Crippen LogP contribution in [-0.2, 0) is 0 Å². The number of nitrogens with one attached hydrogen (secondary N) is 1. The van der Waals surface area contributed by atoms with Crippen molar-refractivity contribution in [3.8, 4) is 18.4 Å². The lowest BCUT2D eigenvalue weighted by atomic mass is 10.5. The van der Waals surface area contributed by atoms with Crippen LogP contribution in [0.15, 0.2) is 0 Å². The number of hydrogen-bond donors (Lipinski definition) is 2. The Balaban J connectivity index is 2.83. The Labute approximate surface area is 94.0 Å². The highest BCUT2D eigenvalue weighted by Crippen LogP contribution is 2.12. The second-order valence-electron chi connectivity index (χ2n) is 3.08. The molecule has 7 nitrogen and oxygen atoms in total. The van der Waals surface area contributed by atoms with Crippen molar-refractivity contribution >= 4 is 11.9 Å². The van der Waals surface area contributed by atoms with Crippen LogP contribution >= 0.6 is 0 Å². The van der Waals surface area contributed by atoms with Crippen molar-refractivity contribution in [3.05, 3.63) is 0 Å². The van der Waals surface area contributed by atoms with Gasteiger partial charge in [-0.05, 0) is 0 Å². The summed E-state index contributed by atoms with van der Waals surface area (Å²) in [5.41, 5.74) is 2.34. The summed E-state index contributed by atoms with van der Waals surface area (Å²) in [4.78, 5) is 13.7. The van der Waals surface area contributed by atoms with Crippen molar-refractivity contribution < 1.29 is 4.74 Å². The molecule has 1 rings (SSSR count). The molecule has 0 saturated heterocycles. The van der Waals surface area contributed by atoms with E-state index in [1.54, 1.807) is 19.0 Å². The third-order valence-electron chi connectivity index (χ3n) is 1.61. The Kier molecular flexibility index (Phi) is 4.29. The number of nitrogens with two attached hydrogens (primary N) is 1. The molecule has 86 valence electrons. The summed E-state index contributed by atoms with van der Waals surface area (Å²) in [6, 6.07) is 0.196. The maximum absolute atomic E-state index is 5.25. The molecule has 1 aromatic heterocycles. The van der Waals surface area contributed by atoms with E-state index in [0.717, 1.165) is 0 Å². The molecule has 0 radical (unpaired) electrons. The summed E-state index contributed by atoms with van der Waals surface area (Å²) >= 11 is 0. The van der Waals surface area contributed by atoms with Gasteiger partial charge in [-0.3, -0.25) is 5.43 Å². The lowest BCUT2D eigenvalue weighted by Gasteiger charge is -2.12. The third-order valence-corrected chi connectivity index (χ3v) is 1.61. The van der Waals surface area contributed by atoms with Gasteiger partial charge in [0.2, 0.25) is 11.9 Å². The van der Waals surface area contributed by atoms with Gasteiger partial charge < -0.3 is 9.64 Å². The second-order valence-corrected chi connectivity index (χ2v) is 3.08. The van der Waals surface area contributed by atoms with Crippen LogP contribution in [0.1, 0.15) is 6.42 Å². The second kappa shape index (κ2) is 5.72.